The molecule has 0 spiro atoms. The Morgan fingerprint density at radius 2 is 0.824 bits per heavy atom. The molecule has 0 rings (SSSR count). The monoisotopic (exact) mass is 724 g/mol. The van der Waals surface area contributed by atoms with Crippen molar-refractivity contribution in [2.45, 2.75) is 245 Å². The number of ether oxygens (including phenoxy) is 2. The molecule has 0 fully saturated rings. The van der Waals surface area contributed by atoms with Crippen molar-refractivity contribution >= 4 is 11.9 Å². The van der Waals surface area contributed by atoms with Crippen molar-refractivity contribution in [1.82, 2.24) is 4.90 Å². The van der Waals surface area contributed by atoms with Gasteiger partial charge < -0.3 is 19.5 Å². The van der Waals surface area contributed by atoms with Crippen molar-refractivity contribution < 1.29 is 24.2 Å². The molecule has 0 aromatic heterocycles. The highest BCUT2D eigenvalue weighted by Crippen LogP contribution is 2.19. The Morgan fingerprint density at radius 3 is 1.29 bits per heavy atom. The van der Waals surface area contributed by atoms with Gasteiger partial charge in [-0.15, -0.1) is 0 Å². The lowest BCUT2D eigenvalue weighted by molar-refractivity contribution is -0.150. The third kappa shape index (κ3) is 38.4. The van der Waals surface area contributed by atoms with Gasteiger partial charge in [-0.05, 0) is 70.9 Å². The van der Waals surface area contributed by atoms with E-state index in [9.17, 15) is 14.7 Å². The number of aliphatic hydroxyl groups excluding tert-OH is 1. The largest absolute Gasteiger partial charge is 0.466 e. The number of carbonyl (C=O) groups is 2. The van der Waals surface area contributed by atoms with Crippen molar-refractivity contribution in [2.75, 3.05) is 32.8 Å². The van der Waals surface area contributed by atoms with Gasteiger partial charge in [0, 0.05) is 19.4 Å². The van der Waals surface area contributed by atoms with E-state index in [0.717, 1.165) is 90.1 Å². The number of aliphatic hydroxyl groups is 1. The first-order chi connectivity index (χ1) is 25.1. The van der Waals surface area contributed by atoms with Crippen LogP contribution in [0.2, 0.25) is 0 Å². The predicted molar refractivity (Wildman–Crippen MR) is 218 cm³/mol. The standard InChI is InChI=1S/C45H89NO5/c1-4-7-10-13-16-17-19-25-33-42-50-44(48)36-30-26-32-39-46(40-41-47)38-31-24-20-23-29-37-45(49)51-43(34-27-21-15-12-9-6-3)35-28-22-18-14-11-8-5-2/h43,47H,4-42H2,1-3H3. The average Bonchev–Trinajstić information content (AvgIpc) is 3.12. The summed E-state index contributed by atoms with van der Waals surface area (Å²) in [5.41, 5.74) is 0. The number of unbranched alkanes of at least 4 members (excludes halogenated alkanes) is 25. The first kappa shape index (κ1) is 49.9. The lowest BCUT2D eigenvalue weighted by Gasteiger charge is -2.21. The smallest absolute Gasteiger partial charge is 0.306 e. The Morgan fingerprint density at radius 1 is 0.451 bits per heavy atom. The molecule has 1 unspecified atom stereocenters. The number of carbonyl (C=O) groups excluding carboxylic acids is 2. The molecule has 0 amide bonds. The van der Waals surface area contributed by atoms with E-state index in [4.69, 9.17) is 9.47 Å². The quantitative estimate of drug-likeness (QED) is 0.0499. The maximum absolute atomic E-state index is 12.7. The molecule has 0 aliphatic heterocycles. The maximum Gasteiger partial charge on any atom is 0.306 e. The molecule has 1 N–H and O–H groups in total. The Balaban J connectivity index is 3.98. The summed E-state index contributed by atoms with van der Waals surface area (Å²) >= 11 is 0. The number of rotatable bonds is 42. The van der Waals surface area contributed by atoms with Crippen LogP contribution in [-0.4, -0.2) is 60.9 Å². The Labute approximate surface area is 318 Å². The SMILES string of the molecule is CCCCCCCCCCCOC(=O)CCCCCN(CCO)CCCCCCCC(=O)OC(CCCCCCCC)CCCCCCCCC. The molecule has 6 heteroatoms. The van der Waals surface area contributed by atoms with Gasteiger partial charge in [-0.2, -0.15) is 0 Å². The molecule has 0 heterocycles. The highest BCUT2D eigenvalue weighted by atomic mass is 16.5. The molecular formula is C45H89NO5. The van der Waals surface area contributed by atoms with E-state index < -0.39 is 0 Å². The van der Waals surface area contributed by atoms with E-state index >= 15 is 0 Å². The minimum Gasteiger partial charge on any atom is -0.466 e. The van der Waals surface area contributed by atoms with Crippen LogP contribution in [0.1, 0.15) is 239 Å². The molecule has 0 aromatic carbocycles. The Hall–Kier alpha value is -1.14. The average molecular weight is 724 g/mol. The minimum absolute atomic E-state index is 0.00937. The number of esters is 2. The van der Waals surface area contributed by atoms with E-state index in [1.165, 1.54) is 128 Å². The van der Waals surface area contributed by atoms with Crippen LogP contribution in [0.3, 0.4) is 0 Å². The van der Waals surface area contributed by atoms with Gasteiger partial charge in [-0.3, -0.25) is 9.59 Å². The van der Waals surface area contributed by atoms with Crippen molar-refractivity contribution in [3.8, 4) is 0 Å². The van der Waals surface area contributed by atoms with E-state index in [1.54, 1.807) is 0 Å². The van der Waals surface area contributed by atoms with Gasteiger partial charge >= 0.3 is 11.9 Å². The summed E-state index contributed by atoms with van der Waals surface area (Å²) in [6.45, 7) is 10.2. The topological polar surface area (TPSA) is 76.1 Å². The summed E-state index contributed by atoms with van der Waals surface area (Å²) in [6.07, 6.45) is 39.8. The van der Waals surface area contributed by atoms with Crippen molar-refractivity contribution in [2.24, 2.45) is 0 Å². The summed E-state index contributed by atoms with van der Waals surface area (Å²) in [7, 11) is 0. The molecule has 0 bridgehead atoms. The fraction of sp³-hybridized carbons (Fsp3) is 0.956. The van der Waals surface area contributed by atoms with Crippen LogP contribution in [0, 0.1) is 0 Å². The fourth-order valence-corrected chi connectivity index (χ4v) is 7.05. The van der Waals surface area contributed by atoms with Crippen LogP contribution in [0.5, 0.6) is 0 Å². The van der Waals surface area contributed by atoms with Gasteiger partial charge in [-0.25, -0.2) is 0 Å². The van der Waals surface area contributed by atoms with Gasteiger partial charge in [0.15, 0.2) is 0 Å². The normalized spacial score (nSPS) is 12.1. The second kappa shape index (κ2) is 41.6. The lowest BCUT2D eigenvalue weighted by Crippen LogP contribution is -2.29. The van der Waals surface area contributed by atoms with Crippen molar-refractivity contribution in [3.63, 3.8) is 0 Å². The third-order valence-corrected chi connectivity index (χ3v) is 10.4. The van der Waals surface area contributed by atoms with Crippen LogP contribution in [0.4, 0.5) is 0 Å². The molecule has 1 atom stereocenters. The van der Waals surface area contributed by atoms with Gasteiger partial charge in [0.25, 0.3) is 0 Å². The van der Waals surface area contributed by atoms with Crippen LogP contribution in [0.15, 0.2) is 0 Å². The highest BCUT2D eigenvalue weighted by Gasteiger charge is 2.14. The van der Waals surface area contributed by atoms with Gasteiger partial charge in [-0.1, -0.05) is 168 Å². The second-order valence-corrected chi connectivity index (χ2v) is 15.5. The fourth-order valence-electron chi connectivity index (χ4n) is 7.05. The maximum atomic E-state index is 12.7. The van der Waals surface area contributed by atoms with E-state index in [0.29, 0.717) is 26.0 Å². The summed E-state index contributed by atoms with van der Waals surface area (Å²) in [5, 5.41) is 9.54. The second-order valence-electron chi connectivity index (χ2n) is 15.5. The number of hydrogen-bond donors (Lipinski definition) is 1. The first-order valence-corrected chi connectivity index (χ1v) is 22.8. The molecule has 0 aliphatic rings. The predicted octanol–water partition coefficient (Wildman–Crippen LogP) is 13.1. The summed E-state index contributed by atoms with van der Waals surface area (Å²) in [5.74, 6) is -0.0401. The highest BCUT2D eigenvalue weighted by molar-refractivity contribution is 5.69. The minimum atomic E-state index is -0.0495. The van der Waals surface area contributed by atoms with Crippen LogP contribution >= 0.6 is 0 Å². The van der Waals surface area contributed by atoms with Crippen LogP contribution in [0.25, 0.3) is 0 Å². The molecule has 304 valence electrons. The Kier molecular flexibility index (Phi) is 40.7. The zero-order valence-electron chi connectivity index (χ0n) is 34.7. The third-order valence-electron chi connectivity index (χ3n) is 10.4. The number of hydrogen-bond acceptors (Lipinski definition) is 6. The summed E-state index contributed by atoms with van der Waals surface area (Å²) in [4.78, 5) is 27.1. The first-order valence-electron chi connectivity index (χ1n) is 22.8. The van der Waals surface area contributed by atoms with Crippen molar-refractivity contribution in [1.29, 1.82) is 0 Å². The molecule has 0 saturated carbocycles. The van der Waals surface area contributed by atoms with E-state index in [1.807, 2.05) is 0 Å². The summed E-state index contributed by atoms with van der Waals surface area (Å²) in [6, 6.07) is 0. The Bertz CT molecular complexity index is 717. The summed E-state index contributed by atoms with van der Waals surface area (Å²) < 4.78 is 11.5. The molecule has 0 saturated heterocycles. The number of nitrogens with zero attached hydrogens (tertiary/aromatic N) is 1. The molecule has 0 aliphatic carbocycles. The lowest BCUT2D eigenvalue weighted by atomic mass is 10.0. The van der Waals surface area contributed by atoms with Crippen LogP contribution in [-0.2, 0) is 19.1 Å². The molecule has 0 radical (unpaired) electrons. The van der Waals surface area contributed by atoms with Crippen molar-refractivity contribution in [3.05, 3.63) is 0 Å². The van der Waals surface area contributed by atoms with E-state index in [2.05, 4.69) is 25.7 Å². The van der Waals surface area contributed by atoms with Crippen LogP contribution < -0.4 is 0 Å². The van der Waals surface area contributed by atoms with Gasteiger partial charge in [0.1, 0.15) is 6.10 Å². The molecule has 0 aromatic rings. The zero-order chi connectivity index (χ0) is 37.3. The van der Waals surface area contributed by atoms with E-state index in [-0.39, 0.29) is 24.6 Å². The molecular weight excluding hydrogens is 634 g/mol. The van der Waals surface area contributed by atoms with Gasteiger partial charge in [0.05, 0.1) is 13.2 Å². The van der Waals surface area contributed by atoms with Gasteiger partial charge in [0.2, 0.25) is 0 Å². The molecule has 51 heavy (non-hydrogen) atoms. The zero-order valence-corrected chi connectivity index (χ0v) is 34.7. The molecule has 6 nitrogen and oxygen atoms in total.